The molecule has 4 aromatic rings. The van der Waals surface area contributed by atoms with Gasteiger partial charge in [-0.25, -0.2) is 18.8 Å². The lowest BCUT2D eigenvalue weighted by atomic mass is 10.1. The molecule has 0 bridgehead atoms. The predicted octanol–water partition coefficient (Wildman–Crippen LogP) is 4.33. The first-order valence-electron chi connectivity index (χ1n) is 8.94. The molecule has 28 heavy (non-hydrogen) atoms. The zero-order valence-corrected chi connectivity index (χ0v) is 15.2. The van der Waals surface area contributed by atoms with Crippen molar-refractivity contribution >= 4 is 11.5 Å². The van der Waals surface area contributed by atoms with Gasteiger partial charge in [0.05, 0.1) is 42.8 Å². The Bertz CT molecular complexity index is 1170. The number of hydrogen-bond donors (Lipinski definition) is 1. The molecule has 140 valence electrons. The standard InChI is InChI=1S/C21H18FN5O/c1-3-17(28)12-26-13-25-20(14-4-7-16(22)8-5-14)21(26)15-6-9-18-24-10-19(23-2)27(18)11-15/h4-11,13,17,28H,3,12H2,1H3. The molecule has 0 aliphatic carbocycles. The molecule has 0 fully saturated rings. The average molecular weight is 375 g/mol. The van der Waals surface area contributed by atoms with Crippen LogP contribution in [0, 0.1) is 12.4 Å². The van der Waals surface area contributed by atoms with Crippen molar-refractivity contribution in [3.05, 3.63) is 72.4 Å². The fourth-order valence-corrected chi connectivity index (χ4v) is 3.19. The molecule has 0 aliphatic rings. The summed E-state index contributed by atoms with van der Waals surface area (Å²) in [5, 5.41) is 10.2. The number of aliphatic hydroxyl groups is 1. The Labute approximate surface area is 161 Å². The monoisotopic (exact) mass is 375 g/mol. The largest absolute Gasteiger partial charge is 0.391 e. The lowest BCUT2D eigenvalue weighted by Crippen LogP contribution is -2.15. The fraction of sp³-hybridized carbons (Fsp3) is 0.190. The highest BCUT2D eigenvalue weighted by atomic mass is 19.1. The molecule has 1 unspecified atom stereocenters. The molecule has 0 spiro atoms. The minimum Gasteiger partial charge on any atom is -0.391 e. The highest BCUT2D eigenvalue weighted by molar-refractivity contribution is 5.79. The van der Waals surface area contributed by atoms with E-state index >= 15 is 0 Å². The molecule has 7 heteroatoms. The second-order valence-corrected chi connectivity index (χ2v) is 6.54. The number of imidazole rings is 2. The Morgan fingerprint density at radius 2 is 1.89 bits per heavy atom. The summed E-state index contributed by atoms with van der Waals surface area (Å²) in [7, 11) is 0. The summed E-state index contributed by atoms with van der Waals surface area (Å²) in [5.74, 6) is 0.104. The quantitative estimate of drug-likeness (QED) is 0.528. The van der Waals surface area contributed by atoms with Gasteiger partial charge in [-0.1, -0.05) is 13.5 Å². The van der Waals surface area contributed by atoms with E-state index in [2.05, 4.69) is 14.8 Å². The number of benzene rings is 1. The van der Waals surface area contributed by atoms with Crippen LogP contribution in [0.3, 0.4) is 0 Å². The minimum absolute atomic E-state index is 0.312. The van der Waals surface area contributed by atoms with Crippen LogP contribution in [0.5, 0.6) is 0 Å². The van der Waals surface area contributed by atoms with Crippen molar-refractivity contribution < 1.29 is 9.50 Å². The normalized spacial score (nSPS) is 12.2. The molecule has 0 amide bonds. The van der Waals surface area contributed by atoms with Crippen molar-refractivity contribution in [3.63, 3.8) is 0 Å². The number of pyridine rings is 1. The molecule has 0 radical (unpaired) electrons. The van der Waals surface area contributed by atoms with E-state index in [0.29, 0.717) is 30.1 Å². The SMILES string of the molecule is [C-]#[N+]c1cnc2ccc(-c3c(-c4ccc(F)cc4)ncn3CC(O)CC)cn12. The lowest BCUT2D eigenvalue weighted by Gasteiger charge is -2.13. The van der Waals surface area contributed by atoms with Crippen LogP contribution in [-0.4, -0.2) is 30.1 Å². The van der Waals surface area contributed by atoms with Gasteiger partial charge < -0.3 is 14.5 Å². The Balaban J connectivity index is 1.91. The Kier molecular flexibility index (Phi) is 4.63. The van der Waals surface area contributed by atoms with Crippen molar-refractivity contribution in [2.45, 2.75) is 26.0 Å². The van der Waals surface area contributed by atoms with Gasteiger partial charge in [-0.3, -0.25) is 0 Å². The first kappa shape index (κ1) is 17.9. The summed E-state index contributed by atoms with van der Waals surface area (Å²) >= 11 is 0. The van der Waals surface area contributed by atoms with E-state index in [4.69, 9.17) is 6.57 Å². The summed E-state index contributed by atoms with van der Waals surface area (Å²) in [6.07, 6.45) is 5.16. The predicted molar refractivity (Wildman–Crippen MR) is 104 cm³/mol. The van der Waals surface area contributed by atoms with Gasteiger partial charge in [0.15, 0.2) is 0 Å². The molecule has 6 nitrogen and oxygen atoms in total. The van der Waals surface area contributed by atoms with E-state index in [1.54, 1.807) is 22.9 Å². The van der Waals surface area contributed by atoms with E-state index in [1.165, 1.54) is 18.3 Å². The maximum absolute atomic E-state index is 13.4. The second kappa shape index (κ2) is 7.25. The second-order valence-electron chi connectivity index (χ2n) is 6.54. The smallest absolute Gasteiger partial charge is 0.254 e. The lowest BCUT2D eigenvalue weighted by molar-refractivity contribution is 0.150. The third kappa shape index (κ3) is 3.15. The van der Waals surface area contributed by atoms with Gasteiger partial charge in [0.2, 0.25) is 5.65 Å². The van der Waals surface area contributed by atoms with E-state index < -0.39 is 6.10 Å². The summed E-state index contributed by atoms with van der Waals surface area (Å²) in [6, 6.07) is 9.91. The Morgan fingerprint density at radius 1 is 1.14 bits per heavy atom. The number of hydrogen-bond acceptors (Lipinski definition) is 3. The summed E-state index contributed by atoms with van der Waals surface area (Å²) < 4.78 is 17.0. The van der Waals surface area contributed by atoms with Gasteiger partial charge in [0.25, 0.3) is 5.82 Å². The van der Waals surface area contributed by atoms with E-state index in [1.807, 2.05) is 29.8 Å². The number of rotatable bonds is 5. The van der Waals surface area contributed by atoms with Crippen molar-refractivity contribution in [1.82, 2.24) is 18.9 Å². The third-order valence-corrected chi connectivity index (χ3v) is 4.71. The molecule has 0 aliphatic heterocycles. The molecule has 0 saturated heterocycles. The molecule has 3 heterocycles. The van der Waals surface area contributed by atoms with Gasteiger partial charge in [-0.15, -0.1) is 0 Å². The van der Waals surface area contributed by atoms with E-state index in [-0.39, 0.29) is 5.82 Å². The number of aromatic nitrogens is 4. The van der Waals surface area contributed by atoms with Crippen LogP contribution in [0.15, 0.2) is 55.1 Å². The fourth-order valence-electron chi connectivity index (χ4n) is 3.19. The number of halogens is 1. The summed E-state index contributed by atoms with van der Waals surface area (Å²) in [6.45, 7) is 9.63. The van der Waals surface area contributed by atoms with Crippen LogP contribution >= 0.6 is 0 Å². The molecule has 4 rings (SSSR count). The average Bonchev–Trinajstić information content (AvgIpc) is 3.31. The van der Waals surface area contributed by atoms with Gasteiger partial charge in [0, 0.05) is 17.2 Å². The first-order valence-corrected chi connectivity index (χ1v) is 8.94. The Hall–Kier alpha value is -3.50. The molecular weight excluding hydrogens is 357 g/mol. The topological polar surface area (TPSA) is 59.7 Å². The van der Waals surface area contributed by atoms with Crippen LogP contribution in [0.25, 0.3) is 33.0 Å². The molecule has 1 N–H and O–H groups in total. The minimum atomic E-state index is -0.509. The van der Waals surface area contributed by atoms with Gasteiger partial charge in [0.1, 0.15) is 5.82 Å². The van der Waals surface area contributed by atoms with Crippen LogP contribution in [0.1, 0.15) is 13.3 Å². The van der Waals surface area contributed by atoms with Crippen molar-refractivity contribution in [2.24, 2.45) is 0 Å². The highest BCUT2D eigenvalue weighted by Gasteiger charge is 2.19. The van der Waals surface area contributed by atoms with E-state index in [0.717, 1.165) is 16.8 Å². The summed E-state index contributed by atoms with van der Waals surface area (Å²) in [4.78, 5) is 12.3. The Morgan fingerprint density at radius 3 is 2.61 bits per heavy atom. The van der Waals surface area contributed by atoms with Crippen LogP contribution in [0.2, 0.25) is 0 Å². The van der Waals surface area contributed by atoms with Gasteiger partial charge >= 0.3 is 0 Å². The zero-order chi connectivity index (χ0) is 19.7. The maximum Gasteiger partial charge on any atom is 0.254 e. The number of nitrogens with zero attached hydrogens (tertiary/aromatic N) is 5. The molecule has 1 atom stereocenters. The van der Waals surface area contributed by atoms with Crippen molar-refractivity contribution in [3.8, 4) is 22.5 Å². The molecule has 3 aromatic heterocycles. The third-order valence-electron chi connectivity index (χ3n) is 4.71. The highest BCUT2D eigenvalue weighted by Crippen LogP contribution is 2.32. The van der Waals surface area contributed by atoms with Crippen LogP contribution in [-0.2, 0) is 6.54 Å². The molecular formula is C21H18FN5O. The van der Waals surface area contributed by atoms with Gasteiger partial charge in [-0.2, -0.15) is 0 Å². The maximum atomic E-state index is 13.4. The van der Waals surface area contributed by atoms with Crippen molar-refractivity contribution in [1.29, 1.82) is 0 Å². The van der Waals surface area contributed by atoms with Crippen LogP contribution < -0.4 is 0 Å². The molecule has 0 saturated carbocycles. The van der Waals surface area contributed by atoms with Crippen LogP contribution in [0.4, 0.5) is 10.2 Å². The van der Waals surface area contributed by atoms with Crippen molar-refractivity contribution in [2.75, 3.05) is 0 Å². The first-order chi connectivity index (χ1) is 13.6. The number of aliphatic hydroxyl groups excluding tert-OH is 1. The number of fused-ring (bicyclic) bond motifs is 1. The van der Waals surface area contributed by atoms with E-state index in [9.17, 15) is 9.50 Å². The van der Waals surface area contributed by atoms with Gasteiger partial charge in [-0.05, 0) is 36.8 Å². The molecule has 1 aromatic carbocycles. The zero-order valence-electron chi connectivity index (χ0n) is 15.2. The summed E-state index contributed by atoms with van der Waals surface area (Å²) in [5.41, 5.74) is 3.77.